The monoisotopic (exact) mass is 490 g/mol. The van der Waals surface area contributed by atoms with Gasteiger partial charge in [-0.2, -0.15) is 5.10 Å². The molecule has 4 aromatic rings. The van der Waals surface area contributed by atoms with Gasteiger partial charge in [0.1, 0.15) is 10.6 Å². The van der Waals surface area contributed by atoms with E-state index in [1.54, 1.807) is 7.11 Å². The summed E-state index contributed by atoms with van der Waals surface area (Å²) in [4.78, 5) is 13.3. The van der Waals surface area contributed by atoms with E-state index in [9.17, 15) is 4.79 Å². The number of carbonyl (C=O) groups is 1. The number of nitrogens with zero attached hydrogens (tertiary/aromatic N) is 1. The topological polar surface area (TPSA) is 69.2 Å². The van der Waals surface area contributed by atoms with Crippen LogP contribution < -0.4 is 19.6 Å². The zero-order valence-electron chi connectivity index (χ0n) is 18.1. The molecule has 1 aliphatic heterocycles. The van der Waals surface area contributed by atoms with Gasteiger partial charge in [-0.25, -0.2) is 5.43 Å². The van der Waals surface area contributed by atoms with E-state index in [2.05, 4.69) is 10.5 Å². The van der Waals surface area contributed by atoms with Gasteiger partial charge in [0.25, 0.3) is 5.91 Å². The predicted octanol–water partition coefficient (Wildman–Crippen LogP) is 6.14. The summed E-state index contributed by atoms with van der Waals surface area (Å²) >= 11 is 7.79. The maximum atomic E-state index is 12.9. The van der Waals surface area contributed by atoms with Gasteiger partial charge in [0.2, 0.25) is 6.79 Å². The smallest absolute Gasteiger partial charge is 0.283 e. The van der Waals surface area contributed by atoms with Crippen LogP contribution >= 0.6 is 22.9 Å². The van der Waals surface area contributed by atoms with Crippen molar-refractivity contribution in [2.75, 3.05) is 13.9 Å². The number of ether oxygens (including phenoxy) is 3. The van der Waals surface area contributed by atoms with Crippen LogP contribution in [0.2, 0.25) is 5.02 Å². The number of methoxy groups -OCH3 is 1. The highest BCUT2D eigenvalue weighted by Crippen LogP contribution is 2.35. The lowest BCUT2D eigenvalue weighted by molar-refractivity contribution is 0.0959. The number of hydrogen-bond acceptors (Lipinski definition) is 6. The molecule has 1 amide bonds. The van der Waals surface area contributed by atoms with Crippen LogP contribution in [0.5, 0.6) is 17.2 Å². The molecule has 1 aliphatic rings. The number of amides is 1. The normalized spacial score (nSPS) is 12.9. The van der Waals surface area contributed by atoms with Gasteiger partial charge < -0.3 is 14.2 Å². The van der Waals surface area contributed by atoms with Crippen molar-refractivity contribution in [2.45, 2.75) is 0 Å². The zero-order chi connectivity index (χ0) is 23.5. The minimum Gasteiger partial charge on any atom is -0.497 e. The summed E-state index contributed by atoms with van der Waals surface area (Å²) in [5.74, 6) is 1.77. The van der Waals surface area contributed by atoms with E-state index in [4.69, 9.17) is 25.8 Å². The van der Waals surface area contributed by atoms with Crippen molar-refractivity contribution in [3.8, 4) is 17.2 Å². The third-order valence-electron chi connectivity index (χ3n) is 5.24. The number of fused-ring (bicyclic) bond motifs is 2. The Balaban J connectivity index is 1.44. The average Bonchev–Trinajstić information content (AvgIpc) is 3.48. The van der Waals surface area contributed by atoms with Gasteiger partial charge in [-0.3, -0.25) is 4.79 Å². The molecule has 3 aromatic carbocycles. The molecule has 6 nitrogen and oxygen atoms in total. The fourth-order valence-electron chi connectivity index (χ4n) is 3.47. The molecule has 0 saturated heterocycles. The fraction of sp³-hybridized carbons (Fsp3) is 0.0769. The second-order valence-electron chi connectivity index (χ2n) is 7.35. The Kier molecular flexibility index (Phi) is 6.20. The lowest BCUT2D eigenvalue weighted by Crippen LogP contribution is -2.18. The molecular formula is C26H19ClN2O4S. The van der Waals surface area contributed by atoms with Crippen LogP contribution in [-0.2, 0) is 0 Å². The van der Waals surface area contributed by atoms with Crippen LogP contribution in [0, 0.1) is 0 Å². The molecule has 0 bridgehead atoms. The first kappa shape index (κ1) is 22.0. The molecule has 1 aromatic heterocycles. The summed E-state index contributed by atoms with van der Waals surface area (Å²) < 4.78 is 17.0. The molecule has 0 radical (unpaired) electrons. The van der Waals surface area contributed by atoms with Crippen LogP contribution in [0.1, 0.15) is 20.8 Å². The van der Waals surface area contributed by atoms with Crippen molar-refractivity contribution in [1.82, 2.24) is 5.43 Å². The minimum absolute atomic E-state index is 0.216. The summed E-state index contributed by atoms with van der Waals surface area (Å²) in [7, 11) is 1.61. The number of carbonyl (C=O) groups excluding carboxylic acids is 1. The minimum atomic E-state index is -0.367. The number of hydrogen-bond donors (Lipinski definition) is 1. The predicted molar refractivity (Wildman–Crippen MR) is 135 cm³/mol. The standard InChI is InChI=1S/C26H19ClN2O4S/c1-31-18-10-8-17(9-11-18)20(12-6-16-7-13-21-22(14-16)33-15-32-21)28-29-26(30)25-24(27)19-4-2-3-5-23(19)34-25/h2-14H,15H2,1H3,(H,29,30)/b12-6-,28-20?. The molecule has 0 unspecified atom stereocenters. The van der Waals surface area contributed by atoms with Crippen LogP contribution in [0.15, 0.2) is 77.9 Å². The number of allylic oxidation sites excluding steroid dienone is 1. The van der Waals surface area contributed by atoms with Crippen LogP contribution in [-0.4, -0.2) is 25.5 Å². The molecule has 0 saturated carbocycles. The van der Waals surface area contributed by atoms with E-state index in [1.807, 2.05) is 78.9 Å². The molecular weight excluding hydrogens is 472 g/mol. The SMILES string of the molecule is COc1ccc(C(/C=C\c2ccc3c(c2)OCO3)=NNC(=O)c2sc3ccccc3c2Cl)cc1. The molecule has 1 N–H and O–H groups in total. The van der Waals surface area contributed by atoms with Crippen LogP contribution in [0.4, 0.5) is 0 Å². The Hall–Kier alpha value is -3.81. The zero-order valence-corrected chi connectivity index (χ0v) is 19.7. The average molecular weight is 491 g/mol. The summed E-state index contributed by atoms with van der Waals surface area (Å²) in [6, 6.07) is 20.7. The molecule has 8 heteroatoms. The molecule has 0 aliphatic carbocycles. The van der Waals surface area contributed by atoms with Gasteiger partial charge in [0, 0.05) is 15.6 Å². The van der Waals surface area contributed by atoms with Crippen molar-refractivity contribution >= 4 is 50.7 Å². The Morgan fingerprint density at radius 2 is 1.88 bits per heavy atom. The van der Waals surface area contributed by atoms with Crippen molar-refractivity contribution in [3.63, 3.8) is 0 Å². The second kappa shape index (κ2) is 9.59. The lowest BCUT2D eigenvalue weighted by Gasteiger charge is -2.06. The fourth-order valence-corrected chi connectivity index (χ4v) is 4.88. The number of benzene rings is 3. The maximum Gasteiger partial charge on any atom is 0.283 e. The summed E-state index contributed by atoms with van der Waals surface area (Å²) in [6.07, 6.45) is 3.72. The summed E-state index contributed by atoms with van der Waals surface area (Å²) in [6.45, 7) is 0.216. The first-order valence-electron chi connectivity index (χ1n) is 10.4. The van der Waals surface area contributed by atoms with E-state index in [1.165, 1.54) is 11.3 Å². The molecule has 34 heavy (non-hydrogen) atoms. The van der Waals surface area contributed by atoms with E-state index in [0.29, 0.717) is 27.1 Å². The van der Waals surface area contributed by atoms with Gasteiger partial charge in [-0.15, -0.1) is 11.3 Å². The lowest BCUT2D eigenvalue weighted by atomic mass is 10.1. The number of thiophene rings is 1. The van der Waals surface area contributed by atoms with E-state index >= 15 is 0 Å². The Bertz CT molecular complexity index is 1430. The van der Waals surface area contributed by atoms with Crippen molar-refractivity contribution < 1.29 is 19.0 Å². The van der Waals surface area contributed by atoms with Crippen molar-refractivity contribution in [2.24, 2.45) is 5.10 Å². The highest BCUT2D eigenvalue weighted by Gasteiger charge is 2.17. The van der Waals surface area contributed by atoms with E-state index < -0.39 is 0 Å². The molecule has 2 heterocycles. The van der Waals surface area contributed by atoms with E-state index in [-0.39, 0.29) is 12.7 Å². The van der Waals surface area contributed by atoms with Crippen molar-refractivity contribution in [1.29, 1.82) is 0 Å². The molecule has 0 fully saturated rings. The first-order chi connectivity index (χ1) is 16.6. The van der Waals surface area contributed by atoms with Crippen LogP contribution in [0.3, 0.4) is 0 Å². The number of halogens is 1. The summed E-state index contributed by atoms with van der Waals surface area (Å²) in [5.41, 5.74) is 4.93. The number of nitrogens with one attached hydrogen (secondary N) is 1. The van der Waals surface area contributed by atoms with Gasteiger partial charge in [-0.1, -0.05) is 41.9 Å². The molecule has 170 valence electrons. The van der Waals surface area contributed by atoms with Gasteiger partial charge >= 0.3 is 0 Å². The van der Waals surface area contributed by atoms with Gasteiger partial charge in [0.15, 0.2) is 11.5 Å². The largest absolute Gasteiger partial charge is 0.497 e. The summed E-state index contributed by atoms with van der Waals surface area (Å²) in [5, 5.41) is 5.68. The Morgan fingerprint density at radius 1 is 1.09 bits per heavy atom. The highest BCUT2D eigenvalue weighted by atomic mass is 35.5. The molecule has 0 atom stereocenters. The Morgan fingerprint density at radius 3 is 2.68 bits per heavy atom. The third-order valence-corrected chi connectivity index (χ3v) is 6.91. The quantitative estimate of drug-likeness (QED) is 0.260. The second-order valence-corrected chi connectivity index (χ2v) is 8.78. The number of rotatable bonds is 6. The molecule has 5 rings (SSSR count). The van der Waals surface area contributed by atoms with Gasteiger partial charge in [-0.05, 0) is 54.1 Å². The molecule has 0 spiro atoms. The Labute approximate surface area is 205 Å². The van der Waals surface area contributed by atoms with Gasteiger partial charge in [0.05, 0.1) is 17.8 Å². The third kappa shape index (κ3) is 4.48. The highest BCUT2D eigenvalue weighted by molar-refractivity contribution is 7.21. The first-order valence-corrected chi connectivity index (χ1v) is 11.6. The number of hydrazone groups is 1. The maximum absolute atomic E-state index is 12.9. The van der Waals surface area contributed by atoms with Crippen molar-refractivity contribution in [3.05, 3.63) is 93.8 Å². The van der Waals surface area contributed by atoms with E-state index in [0.717, 1.165) is 27.0 Å². The van der Waals surface area contributed by atoms with Crippen LogP contribution in [0.25, 0.3) is 16.2 Å².